The maximum absolute atomic E-state index is 15.2. The number of ether oxygens (including phenoxy) is 2. The summed E-state index contributed by atoms with van der Waals surface area (Å²) in [6, 6.07) is 12.7. The van der Waals surface area contributed by atoms with E-state index in [9.17, 15) is 13.2 Å². The normalized spacial score (nSPS) is 14.9. The Hall–Kier alpha value is -3.77. The number of amides is 1. The van der Waals surface area contributed by atoms with Crippen LogP contribution in [0.3, 0.4) is 0 Å². The predicted octanol–water partition coefficient (Wildman–Crippen LogP) is 3.88. The third-order valence-electron chi connectivity index (χ3n) is 5.60. The zero-order valence-corrected chi connectivity index (χ0v) is 20.3. The number of benzene rings is 2. The number of hydrogen-bond donors (Lipinski definition) is 1. The smallest absolute Gasteiger partial charge is 0.416 e. The van der Waals surface area contributed by atoms with Crippen LogP contribution in [0.1, 0.15) is 25.0 Å². The third-order valence-corrected chi connectivity index (χ3v) is 7.04. The molecule has 3 aromatic rings. The fourth-order valence-electron chi connectivity index (χ4n) is 3.58. The topological polar surface area (TPSA) is 114 Å². The van der Waals surface area contributed by atoms with E-state index < -0.39 is 27.7 Å². The molecule has 0 saturated carbocycles. The van der Waals surface area contributed by atoms with Gasteiger partial charge in [0, 0.05) is 43.6 Å². The lowest BCUT2D eigenvalue weighted by Crippen LogP contribution is -2.50. The molecular weight excluding hydrogens is 477 g/mol. The Kier molecular flexibility index (Phi) is 6.34. The Morgan fingerprint density at radius 1 is 1.17 bits per heavy atom. The van der Waals surface area contributed by atoms with Crippen molar-refractivity contribution < 1.29 is 27.1 Å². The SMILES string of the molecule is CN(C)S(=O)(=O)Nc1cccc(CN2C(=O)Oc3cc(Oc4cccnn4)ccc3C2(C)C)c1F. The fraction of sp³-hybridized carbons (Fsp3) is 0.261. The van der Waals surface area contributed by atoms with E-state index in [0.29, 0.717) is 17.1 Å². The first-order chi connectivity index (χ1) is 16.5. The number of halogens is 1. The second-order valence-electron chi connectivity index (χ2n) is 8.50. The van der Waals surface area contributed by atoms with Gasteiger partial charge >= 0.3 is 16.3 Å². The van der Waals surface area contributed by atoms with Crippen molar-refractivity contribution in [1.29, 1.82) is 0 Å². The molecule has 4 rings (SSSR count). The maximum atomic E-state index is 15.2. The van der Waals surface area contributed by atoms with E-state index in [1.54, 1.807) is 30.3 Å². The molecule has 0 saturated heterocycles. The highest BCUT2D eigenvalue weighted by Gasteiger charge is 2.41. The van der Waals surface area contributed by atoms with Crippen molar-refractivity contribution >= 4 is 22.0 Å². The van der Waals surface area contributed by atoms with Crippen LogP contribution in [0.15, 0.2) is 54.7 Å². The van der Waals surface area contributed by atoms with Crippen LogP contribution in [0.25, 0.3) is 0 Å². The minimum absolute atomic E-state index is 0.125. The summed E-state index contributed by atoms with van der Waals surface area (Å²) in [6.45, 7) is 3.48. The van der Waals surface area contributed by atoms with Gasteiger partial charge in [0.15, 0.2) is 5.82 Å². The quantitative estimate of drug-likeness (QED) is 0.523. The van der Waals surface area contributed by atoms with Gasteiger partial charge in [0.1, 0.15) is 11.5 Å². The number of nitrogens with one attached hydrogen (secondary N) is 1. The van der Waals surface area contributed by atoms with Gasteiger partial charge in [-0.05, 0) is 38.1 Å². The molecule has 1 amide bonds. The monoisotopic (exact) mass is 501 g/mol. The van der Waals surface area contributed by atoms with Crippen molar-refractivity contribution in [1.82, 2.24) is 19.4 Å². The standard InChI is InChI=1S/C23H24FN5O5S/c1-23(2)17-11-10-16(33-20-9-6-12-25-26-20)13-19(17)34-22(30)29(23)14-15-7-5-8-18(21(15)24)27-35(31,32)28(3)4/h5-13,27H,14H2,1-4H3. The molecule has 1 aliphatic rings. The van der Waals surface area contributed by atoms with Gasteiger partial charge in [0.05, 0.1) is 17.8 Å². The van der Waals surface area contributed by atoms with Crippen molar-refractivity contribution in [3.8, 4) is 17.4 Å². The molecule has 184 valence electrons. The maximum Gasteiger partial charge on any atom is 0.416 e. The number of carbonyl (C=O) groups excluding carboxylic acids is 1. The third kappa shape index (κ3) is 4.88. The number of hydrogen-bond acceptors (Lipinski definition) is 7. The average molecular weight is 502 g/mol. The molecular formula is C23H24FN5O5S. The van der Waals surface area contributed by atoms with Gasteiger partial charge in [0.2, 0.25) is 5.88 Å². The highest BCUT2D eigenvalue weighted by atomic mass is 32.2. The Morgan fingerprint density at radius 3 is 2.63 bits per heavy atom. The highest BCUT2D eigenvalue weighted by molar-refractivity contribution is 7.90. The zero-order chi connectivity index (χ0) is 25.4. The lowest BCUT2D eigenvalue weighted by Gasteiger charge is -2.42. The van der Waals surface area contributed by atoms with E-state index in [1.165, 1.54) is 43.4 Å². The van der Waals surface area contributed by atoms with Gasteiger partial charge in [-0.3, -0.25) is 9.62 Å². The predicted molar refractivity (Wildman–Crippen MR) is 126 cm³/mol. The molecule has 0 radical (unpaired) electrons. The Labute approximate surface area is 202 Å². The van der Waals surface area contributed by atoms with E-state index in [-0.39, 0.29) is 23.7 Å². The molecule has 0 bridgehead atoms. The minimum Gasteiger partial charge on any atom is -0.437 e. The number of anilines is 1. The van der Waals surface area contributed by atoms with Crippen LogP contribution in [-0.4, -0.2) is 48.0 Å². The second kappa shape index (κ2) is 9.12. The molecule has 0 atom stereocenters. The van der Waals surface area contributed by atoms with Crippen molar-refractivity contribution in [3.05, 3.63) is 71.7 Å². The number of aromatic nitrogens is 2. The van der Waals surface area contributed by atoms with Crippen molar-refractivity contribution in [2.45, 2.75) is 25.9 Å². The van der Waals surface area contributed by atoms with Crippen LogP contribution in [-0.2, 0) is 22.3 Å². The van der Waals surface area contributed by atoms with E-state index >= 15 is 4.39 Å². The summed E-state index contributed by atoms with van der Waals surface area (Å²) in [4.78, 5) is 14.3. The average Bonchev–Trinajstić information content (AvgIpc) is 2.79. The van der Waals surface area contributed by atoms with Crippen molar-refractivity contribution in [3.63, 3.8) is 0 Å². The van der Waals surface area contributed by atoms with Gasteiger partial charge < -0.3 is 9.47 Å². The van der Waals surface area contributed by atoms with Crippen LogP contribution in [0.5, 0.6) is 17.4 Å². The molecule has 35 heavy (non-hydrogen) atoms. The Morgan fingerprint density at radius 2 is 1.94 bits per heavy atom. The summed E-state index contributed by atoms with van der Waals surface area (Å²) in [5.41, 5.74) is -0.277. The summed E-state index contributed by atoms with van der Waals surface area (Å²) in [6.07, 6.45) is 0.840. The molecule has 1 aliphatic heterocycles. The van der Waals surface area contributed by atoms with Crippen molar-refractivity contribution in [2.75, 3.05) is 18.8 Å². The summed E-state index contributed by atoms with van der Waals surface area (Å²) in [5.74, 6) is 0.231. The highest BCUT2D eigenvalue weighted by Crippen LogP contribution is 2.42. The number of nitrogens with zero attached hydrogens (tertiary/aromatic N) is 4. The molecule has 1 N–H and O–H groups in total. The largest absolute Gasteiger partial charge is 0.437 e. The molecule has 2 aromatic carbocycles. The van der Waals surface area contributed by atoms with Crippen LogP contribution in [0.4, 0.5) is 14.9 Å². The van der Waals surface area contributed by atoms with Crippen LogP contribution in [0, 0.1) is 5.82 Å². The molecule has 10 nitrogen and oxygen atoms in total. The summed E-state index contributed by atoms with van der Waals surface area (Å²) in [5, 5.41) is 7.62. The lowest BCUT2D eigenvalue weighted by atomic mass is 9.89. The Balaban J connectivity index is 1.60. The summed E-state index contributed by atoms with van der Waals surface area (Å²) < 4.78 is 53.8. The van der Waals surface area contributed by atoms with Gasteiger partial charge in [-0.1, -0.05) is 12.1 Å². The molecule has 0 spiro atoms. The van der Waals surface area contributed by atoms with Gasteiger partial charge in [0.25, 0.3) is 0 Å². The first-order valence-electron chi connectivity index (χ1n) is 10.6. The van der Waals surface area contributed by atoms with Crippen LogP contribution < -0.4 is 14.2 Å². The van der Waals surface area contributed by atoms with Crippen molar-refractivity contribution in [2.24, 2.45) is 0 Å². The first-order valence-corrected chi connectivity index (χ1v) is 12.0. The lowest BCUT2D eigenvalue weighted by molar-refractivity contribution is 0.0735. The summed E-state index contributed by atoms with van der Waals surface area (Å²) >= 11 is 0. The van der Waals surface area contributed by atoms with E-state index in [1.807, 2.05) is 13.8 Å². The molecule has 1 aromatic heterocycles. The molecule has 0 fully saturated rings. The van der Waals surface area contributed by atoms with Gasteiger partial charge in [-0.2, -0.15) is 17.8 Å². The van der Waals surface area contributed by atoms with Gasteiger partial charge in [-0.25, -0.2) is 9.18 Å². The molecule has 12 heteroatoms. The molecule has 2 heterocycles. The summed E-state index contributed by atoms with van der Waals surface area (Å²) in [7, 11) is -1.24. The second-order valence-corrected chi connectivity index (χ2v) is 10.4. The van der Waals surface area contributed by atoms with Gasteiger partial charge in [-0.15, -0.1) is 5.10 Å². The zero-order valence-electron chi connectivity index (χ0n) is 19.5. The Bertz CT molecular complexity index is 1370. The molecule has 0 unspecified atom stereocenters. The minimum atomic E-state index is -3.91. The first kappa shape index (κ1) is 24.4. The fourth-order valence-corrected chi connectivity index (χ4v) is 4.20. The van der Waals surface area contributed by atoms with E-state index in [4.69, 9.17) is 9.47 Å². The van der Waals surface area contributed by atoms with E-state index in [2.05, 4.69) is 14.9 Å². The number of rotatable bonds is 7. The van der Waals surface area contributed by atoms with E-state index in [0.717, 1.165) is 4.31 Å². The van der Waals surface area contributed by atoms with Crippen LogP contribution in [0.2, 0.25) is 0 Å². The number of fused-ring (bicyclic) bond motifs is 1. The molecule has 0 aliphatic carbocycles. The van der Waals surface area contributed by atoms with Crippen LogP contribution >= 0.6 is 0 Å². The number of carbonyl (C=O) groups is 1.